The summed E-state index contributed by atoms with van der Waals surface area (Å²) in [5.74, 6) is 1.01. The monoisotopic (exact) mass is 431 g/mol. The molecule has 168 valence electrons. The van der Waals surface area contributed by atoms with Gasteiger partial charge in [0, 0.05) is 37.6 Å². The van der Waals surface area contributed by atoms with Crippen LogP contribution in [0.3, 0.4) is 0 Å². The maximum Gasteiger partial charge on any atom is 0.230 e. The number of amides is 1. The Bertz CT molecular complexity index is 1030. The molecule has 5 nitrogen and oxygen atoms in total. The van der Waals surface area contributed by atoms with E-state index >= 15 is 0 Å². The number of fused-ring (bicyclic) bond motifs is 1. The summed E-state index contributed by atoms with van der Waals surface area (Å²) in [6.45, 7) is 2.77. The van der Waals surface area contributed by atoms with E-state index in [2.05, 4.69) is 56.9 Å². The lowest BCUT2D eigenvalue weighted by molar-refractivity contribution is -0.135. The molecule has 0 spiro atoms. The highest BCUT2D eigenvalue weighted by molar-refractivity contribution is 5.84. The fourth-order valence-corrected chi connectivity index (χ4v) is 5.57. The Labute approximate surface area is 190 Å². The molecular formula is C27H33N3O2. The second-order valence-corrected chi connectivity index (χ2v) is 9.45. The lowest BCUT2D eigenvalue weighted by Gasteiger charge is -2.34. The second-order valence-electron chi connectivity index (χ2n) is 9.45. The molecule has 2 aromatic heterocycles. The van der Waals surface area contributed by atoms with Gasteiger partial charge in [-0.15, -0.1) is 0 Å². The zero-order chi connectivity index (χ0) is 21.8. The Morgan fingerprint density at radius 1 is 1.09 bits per heavy atom. The Morgan fingerprint density at radius 3 is 2.78 bits per heavy atom. The third-order valence-electron chi connectivity index (χ3n) is 7.17. The summed E-state index contributed by atoms with van der Waals surface area (Å²) in [4.78, 5) is 20.4. The largest absolute Gasteiger partial charge is 0.379 e. The van der Waals surface area contributed by atoms with Gasteiger partial charge in [0.2, 0.25) is 5.91 Å². The number of rotatable bonds is 5. The van der Waals surface area contributed by atoms with Gasteiger partial charge in [-0.1, -0.05) is 55.7 Å². The lowest BCUT2D eigenvalue weighted by atomic mass is 9.76. The molecule has 1 amide bonds. The summed E-state index contributed by atoms with van der Waals surface area (Å²) in [5, 5.41) is 0. The number of benzene rings is 1. The summed E-state index contributed by atoms with van der Waals surface area (Å²) < 4.78 is 8.01. The number of carbonyl (C=O) groups excluding carboxylic acids is 1. The van der Waals surface area contributed by atoms with Crippen LogP contribution in [0.1, 0.15) is 49.1 Å². The maximum absolute atomic E-state index is 13.9. The van der Waals surface area contributed by atoms with E-state index in [0.29, 0.717) is 37.5 Å². The summed E-state index contributed by atoms with van der Waals surface area (Å²) in [7, 11) is 0. The van der Waals surface area contributed by atoms with Crippen molar-refractivity contribution in [3.05, 3.63) is 72.2 Å². The maximum atomic E-state index is 13.9. The summed E-state index contributed by atoms with van der Waals surface area (Å²) in [6.07, 6.45) is 12.9. The molecular weight excluding hydrogens is 398 g/mol. The van der Waals surface area contributed by atoms with Crippen molar-refractivity contribution in [3.63, 3.8) is 0 Å². The molecule has 3 aromatic rings. The van der Waals surface area contributed by atoms with Crippen LogP contribution in [0.2, 0.25) is 0 Å². The first-order chi connectivity index (χ1) is 15.8. The summed E-state index contributed by atoms with van der Waals surface area (Å²) in [5.41, 5.74) is 3.39. The highest BCUT2D eigenvalue weighted by Crippen LogP contribution is 2.37. The van der Waals surface area contributed by atoms with Crippen LogP contribution >= 0.6 is 0 Å². The van der Waals surface area contributed by atoms with Crippen molar-refractivity contribution in [2.75, 3.05) is 26.3 Å². The van der Waals surface area contributed by atoms with Crippen molar-refractivity contribution >= 4 is 11.6 Å². The van der Waals surface area contributed by atoms with Crippen molar-refractivity contribution < 1.29 is 9.53 Å². The van der Waals surface area contributed by atoms with Gasteiger partial charge in [-0.2, -0.15) is 0 Å². The van der Waals surface area contributed by atoms with Gasteiger partial charge in [0.1, 0.15) is 5.65 Å². The Kier molecular flexibility index (Phi) is 6.54. The Morgan fingerprint density at radius 2 is 1.94 bits per heavy atom. The number of carbonyl (C=O) groups is 1. The molecule has 5 rings (SSSR count). The molecule has 2 aliphatic rings. The van der Waals surface area contributed by atoms with Gasteiger partial charge in [0.15, 0.2) is 0 Å². The quantitative estimate of drug-likeness (QED) is 0.587. The van der Waals surface area contributed by atoms with E-state index < -0.39 is 0 Å². The fourth-order valence-electron chi connectivity index (χ4n) is 5.57. The molecule has 1 aliphatic heterocycles. The van der Waals surface area contributed by atoms with Crippen LogP contribution in [0, 0.1) is 11.8 Å². The predicted molar refractivity (Wildman–Crippen MR) is 126 cm³/mol. The summed E-state index contributed by atoms with van der Waals surface area (Å²) >= 11 is 0. The Hall–Kier alpha value is -2.66. The zero-order valence-electron chi connectivity index (χ0n) is 18.7. The van der Waals surface area contributed by atoms with Gasteiger partial charge >= 0.3 is 0 Å². The smallest absolute Gasteiger partial charge is 0.230 e. The molecule has 0 N–H and O–H groups in total. The van der Waals surface area contributed by atoms with Crippen LogP contribution in [0.15, 0.2) is 61.1 Å². The van der Waals surface area contributed by atoms with Crippen molar-refractivity contribution in [2.24, 2.45) is 11.8 Å². The average molecular weight is 432 g/mol. The molecule has 0 unspecified atom stereocenters. The zero-order valence-corrected chi connectivity index (χ0v) is 18.7. The van der Waals surface area contributed by atoms with Crippen LogP contribution in [-0.2, 0) is 16.0 Å². The van der Waals surface area contributed by atoms with E-state index in [-0.39, 0.29) is 5.92 Å². The molecule has 1 saturated carbocycles. The van der Waals surface area contributed by atoms with E-state index in [0.717, 1.165) is 31.5 Å². The van der Waals surface area contributed by atoms with Crippen molar-refractivity contribution in [2.45, 2.75) is 44.4 Å². The predicted octanol–water partition coefficient (Wildman–Crippen LogP) is 4.72. The molecule has 0 bridgehead atoms. The second kappa shape index (κ2) is 9.86. The topological polar surface area (TPSA) is 46.8 Å². The fraction of sp³-hybridized carbons (Fsp3) is 0.481. The highest BCUT2D eigenvalue weighted by atomic mass is 16.5. The van der Waals surface area contributed by atoms with Crippen LogP contribution in [0.5, 0.6) is 0 Å². The van der Waals surface area contributed by atoms with Crippen LogP contribution in [0.4, 0.5) is 0 Å². The van der Waals surface area contributed by atoms with E-state index in [1.54, 1.807) is 0 Å². The van der Waals surface area contributed by atoms with Gasteiger partial charge in [-0.3, -0.25) is 4.79 Å². The molecule has 5 heteroatoms. The van der Waals surface area contributed by atoms with Gasteiger partial charge in [-0.05, 0) is 42.4 Å². The summed E-state index contributed by atoms with van der Waals surface area (Å²) in [6, 6.07) is 14.7. The number of pyridine rings is 1. The molecule has 2 fully saturated rings. The number of aromatic nitrogens is 2. The molecule has 3 heterocycles. The number of ether oxygens (including phenoxy) is 1. The minimum atomic E-state index is -0.0300. The normalized spacial score (nSPS) is 21.4. The molecule has 2 atom stereocenters. The Balaban J connectivity index is 1.34. The number of nitrogens with zero attached hydrogens (tertiary/aromatic N) is 3. The molecule has 32 heavy (non-hydrogen) atoms. The van der Waals surface area contributed by atoms with Gasteiger partial charge in [0.25, 0.3) is 0 Å². The van der Waals surface area contributed by atoms with Gasteiger partial charge in [0.05, 0.1) is 19.1 Å². The van der Waals surface area contributed by atoms with Gasteiger partial charge < -0.3 is 14.0 Å². The minimum absolute atomic E-state index is 0.0300. The first-order valence-corrected chi connectivity index (χ1v) is 12.1. The third kappa shape index (κ3) is 4.73. The molecule has 1 aliphatic carbocycles. The van der Waals surface area contributed by atoms with Crippen LogP contribution in [-0.4, -0.2) is 46.5 Å². The first kappa shape index (κ1) is 21.2. The number of imidazole rings is 1. The van der Waals surface area contributed by atoms with E-state index in [4.69, 9.17) is 4.74 Å². The van der Waals surface area contributed by atoms with Crippen molar-refractivity contribution in [1.29, 1.82) is 0 Å². The minimum Gasteiger partial charge on any atom is -0.379 e. The molecule has 0 radical (unpaired) electrons. The SMILES string of the molecule is O=C([C@@H](c1ccccc1)C1CCCCC1)N1CCOC[C@@H](Cc2ccc3nccn3c2)C1. The van der Waals surface area contributed by atoms with E-state index in [1.807, 2.05) is 18.5 Å². The van der Waals surface area contributed by atoms with Crippen LogP contribution < -0.4 is 0 Å². The number of hydrogen-bond donors (Lipinski definition) is 0. The third-order valence-corrected chi connectivity index (χ3v) is 7.17. The van der Waals surface area contributed by atoms with Crippen LogP contribution in [0.25, 0.3) is 5.65 Å². The van der Waals surface area contributed by atoms with Crippen molar-refractivity contribution in [3.8, 4) is 0 Å². The van der Waals surface area contributed by atoms with Gasteiger partial charge in [-0.25, -0.2) is 4.98 Å². The lowest BCUT2D eigenvalue weighted by Crippen LogP contribution is -2.41. The van der Waals surface area contributed by atoms with E-state index in [9.17, 15) is 4.79 Å². The standard InChI is InChI=1S/C27H33N3O2/c31-27(26(23-7-3-1-4-8-23)24-9-5-2-6-10-24)30-15-16-32-20-22(19-30)17-21-11-12-25-28-13-14-29(25)18-21/h1,3-4,7-8,11-14,18,22,24,26H,2,5-6,9-10,15-17,19-20H2/t22-,26-/m0/s1. The average Bonchev–Trinajstić information content (AvgIpc) is 3.18. The molecule has 1 aromatic carbocycles. The highest BCUT2D eigenvalue weighted by Gasteiger charge is 2.35. The van der Waals surface area contributed by atoms with Crippen molar-refractivity contribution in [1.82, 2.24) is 14.3 Å². The molecule has 1 saturated heterocycles. The van der Waals surface area contributed by atoms with E-state index in [1.165, 1.54) is 30.4 Å². The number of hydrogen-bond acceptors (Lipinski definition) is 3. The first-order valence-electron chi connectivity index (χ1n) is 12.1.